The molecule has 1 heterocycles. The highest BCUT2D eigenvalue weighted by atomic mass is 16.6. The van der Waals surface area contributed by atoms with Crippen molar-refractivity contribution in [1.29, 1.82) is 0 Å². The van der Waals surface area contributed by atoms with Gasteiger partial charge in [-0.25, -0.2) is 9.59 Å². The second-order valence-electron chi connectivity index (χ2n) is 7.00. The molecule has 23 heavy (non-hydrogen) atoms. The van der Waals surface area contributed by atoms with Crippen molar-refractivity contribution in [2.45, 2.75) is 51.3 Å². The van der Waals surface area contributed by atoms with Gasteiger partial charge in [-0.15, -0.1) is 0 Å². The van der Waals surface area contributed by atoms with Crippen molar-refractivity contribution in [2.75, 3.05) is 5.32 Å². The number of H-pyrrole nitrogens is 2. The zero-order chi connectivity index (χ0) is 16.6. The van der Waals surface area contributed by atoms with Crippen LogP contribution in [0.2, 0.25) is 0 Å². The van der Waals surface area contributed by atoms with E-state index in [0.29, 0.717) is 6.04 Å². The van der Waals surface area contributed by atoms with Crippen molar-refractivity contribution in [3.05, 3.63) is 28.7 Å². The van der Waals surface area contributed by atoms with Crippen LogP contribution in [0.4, 0.5) is 10.5 Å². The van der Waals surface area contributed by atoms with Crippen LogP contribution in [0.25, 0.3) is 11.0 Å². The summed E-state index contributed by atoms with van der Waals surface area (Å²) in [5.41, 5.74) is 1.84. The number of benzene rings is 1. The molecule has 1 aliphatic carbocycles. The SMILES string of the molecule is CC(C)(C)OC(=O)NC1CC(Nc2ccc3[nH]c(=O)[nH]c3c2)C1. The lowest BCUT2D eigenvalue weighted by atomic mass is 9.86. The Morgan fingerprint density at radius 3 is 2.57 bits per heavy atom. The van der Waals surface area contributed by atoms with Gasteiger partial charge in [0.05, 0.1) is 11.0 Å². The van der Waals surface area contributed by atoms with Crippen LogP contribution in [0.15, 0.2) is 23.0 Å². The summed E-state index contributed by atoms with van der Waals surface area (Å²) in [6.45, 7) is 5.54. The molecule has 7 heteroatoms. The molecule has 1 aromatic carbocycles. The van der Waals surface area contributed by atoms with E-state index in [4.69, 9.17) is 4.74 Å². The van der Waals surface area contributed by atoms with Gasteiger partial charge in [0.1, 0.15) is 5.60 Å². The normalized spacial score (nSPS) is 20.8. The molecule has 1 aliphatic rings. The maximum absolute atomic E-state index is 11.7. The third-order valence-corrected chi connectivity index (χ3v) is 3.75. The molecule has 0 saturated heterocycles. The first-order valence-corrected chi connectivity index (χ1v) is 7.76. The van der Waals surface area contributed by atoms with Gasteiger partial charge >= 0.3 is 11.8 Å². The van der Waals surface area contributed by atoms with E-state index in [0.717, 1.165) is 29.6 Å². The third-order valence-electron chi connectivity index (χ3n) is 3.75. The summed E-state index contributed by atoms with van der Waals surface area (Å²) < 4.78 is 5.24. The first-order valence-electron chi connectivity index (χ1n) is 7.76. The van der Waals surface area contributed by atoms with Crippen LogP contribution in [-0.4, -0.2) is 33.7 Å². The minimum atomic E-state index is -0.478. The topological polar surface area (TPSA) is 99.0 Å². The maximum atomic E-state index is 11.7. The number of alkyl carbamates (subject to hydrolysis) is 1. The Balaban J connectivity index is 1.49. The van der Waals surface area contributed by atoms with Crippen molar-refractivity contribution in [3.8, 4) is 0 Å². The van der Waals surface area contributed by atoms with E-state index < -0.39 is 5.60 Å². The number of imidazole rings is 1. The van der Waals surface area contributed by atoms with Crippen LogP contribution in [0.3, 0.4) is 0 Å². The van der Waals surface area contributed by atoms with Gasteiger partial charge in [0.2, 0.25) is 0 Å². The van der Waals surface area contributed by atoms with Crippen LogP contribution in [-0.2, 0) is 4.74 Å². The number of ether oxygens (including phenoxy) is 1. The van der Waals surface area contributed by atoms with E-state index in [1.165, 1.54) is 0 Å². The van der Waals surface area contributed by atoms with Crippen molar-refractivity contribution in [1.82, 2.24) is 15.3 Å². The van der Waals surface area contributed by atoms with Crippen LogP contribution >= 0.6 is 0 Å². The summed E-state index contributed by atoms with van der Waals surface area (Å²) in [6.07, 6.45) is 1.33. The number of carbonyl (C=O) groups excluding carboxylic acids is 1. The fraction of sp³-hybridized carbons (Fsp3) is 0.500. The molecule has 0 bridgehead atoms. The predicted molar refractivity (Wildman–Crippen MR) is 88.7 cm³/mol. The molecule has 3 rings (SSSR count). The summed E-state index contributed by atoms with van der Waals surface area (Å²) in [4.78, 5) is 28.4. The second-order valence-corrected chi connectivity index (χ2v) is 7.00. The van der Waals surface area contributed by atoms with Gasteiger partial charge in [0.15, 0.2) is 0 Å². The fourth-order valence-electron chi connectivity index (χ4n) is 2.69. The molecular formula is C16H22N4O3. The molecule has 7 nitrogen and oxygen atoms in total. The highest BCUT2D eigenvalue weighted by molar-refractivity contribution is 5.78. The number of hydrogen-bond donors (Lipinski definition) is 4. The molecule has 0 atom stereocenters. The average molecular weight is 318 g/mol. The maximum Gasteiger partial charge on any atom is 0.407 e. The lowest BCUT2D eigenvalue weighted by Gasteiger charge is -2.37. The molecule has 1 aromatic heterocycles. The number of aromatic nitrogens is 2. The molecule has 0 radical (unpaired) electrons. The number of fused-ring (bicyclic) bond motifs is 1. The smallest absolute Gasteiger partial charge is 0.407 e. The second kappa shape index (κ2) is 5.64. The first-order chi connectivity index (χ1) is 10.8. The highest BCUT2D eigenvalue weighted by Gasteiger charge is 2.31. The zero-order valence-electron chi connectivity index (χ0n) is 13.5. The molecule has 0 unspecified atom stereocenters. The van der Waals surface area contributed by atoms with E-state index in [-0.39, 0.29) is 17.8 Å². The largest absolute Gasteiger partial charge is 0.444 e. The number of rotatable bonds is 3. The Morgan fingerprint density at radius 2 is 1.87 bits per heavy atom. The van der Waals surface area contributed by atoms with E-state index >= 15 is 0 Å². The monoisotopic (exact) mass is 318 g/mol. The number of hydrogen-bond acceptors (Lipinski definition) is 4. The molecular weight excluding hydrogens is 296 g/mol. The van der Waals surface area contributed by atoms with Crippen LogP contribution in [0.5, 0.6) is 0 Å². The minimum absolute atomic E-state index is 0.137. The lowest BCUT2D eigenvalue weighted by molar-refractivity contribution is 0.0475. The Kier molecular flexibility index (Phi) is 3.79. The average Bonchev–Trinajstić information content (AvgIpc) is 2.73. The van der Waals surface area contributed by atoms with Crippen LogP contribution in [0, 0.1) is 0 Å². The van der Waals surface area contributed by atoms with Crippen molar-refractivity contribution < 1.29 is 9.53 Å². The predicted octanol–water partition coefficient (Wildman–Crippen LogP) is 2.32. The summed E-state index contributed by atoms with van der Waals surface area (Å²) in [6, 6.07) is 6.14. The van der Waals surface area contributed by atoms with Gasteiger partial charge in [-0.2, -0.15) is 0 Å². The van der Waals surface area contributed by atoms with E-state index in [2.05, 4.69) is 20.6 Å². The van der Waals surface area contributed by atoms with E-state index in [1.54, 1.807) is 0 Å². The molecule has 1 saturated carbocycles. The summed E-state index contributed by atoms with van der Waals surface area (Å²) in [5, 5.41) is 6.27. The molecule has 1 fully saturated rings. The van der Waals surface area contributed by atoms with Gasteiger partial charge < -0.3 is 25.3 Å². The number of aromatic amines is 2. The van der Waals surface area contributed by atoms with Gasteiger partial charge in [-0.3, -0.25) is 0 Å². The minimum Gasteiger partial charge on any atom is -0.444 e. The van der Waals surface area contributed by atoms with Crippen LogP contribution in [0.1, 0.15) is 33.6 Å². The number of carbonyl (C=O) groups is 1. The van der Waals surface area contributed by atoms with Gasteiger partial charge in [0.25, 0.3) is 0 Å². The molecule has 0 spiro atoms. The fourth-order valence-corrected chi connectivity index (χ4v) is 2.69. The lowest BCUT2D eigenvalue weighted by Crippen LogP contribution is -2.50. The van der Waals surface area contributed by atoms with Crippen molar-refractivity contribution in [3.63, 3.8) is 0 Å². The molecule has 124 valence electrons. The highest BCUT2D eigenvalue weighted by Crippen LogP contribution is 2.25. The summed E-state index contributed by atoms with van der Waals surface area (Å²) in [7, 11) is 0. The van der Waals surface area contributed by atoms with Gasteiger partial charge in [-0.1, -0.05) is 0 Å². The van der Waals surface area contributed by atoms with Crippen LogP contribution < -0.4 is 16.3 Å². The Labute approximate surface area is 133 Å². The summed E-state index contributed by atoms with van der Waals surface area (Å²) in [5.74, 6) is 0. The molecule has 2 aromatic rings. The quantitative estimate of drug-likeness (QED) is 0.698. The Morgan fingerprint density at radius 1 is 1.17 bits per heavy atom. The Bertz CT molecular complexity index is 765. The van der Waals surface area contributed by atoms with Gasteiger partial charge in [-0.05, 0) is 51.8 Å². The van der Waals surface area contributed by atoms with Crippen molar-refractivity contribution >= 4 is 22.8 Å². The molecule has 1 amide bonds. The molecule has 4 N–H and O–H groups in total. The summed E-state index contributed by atoms with van der Waals surface area (Å²) >= 11 is 0. The van der Waals surface area contributed by atoms with E-state index in [1.807, 2.05) is 39.0 Å². The number of amides is 1. The third kappa shape index (κ3) is 3.85. The number of nitrogens with one attached hydrogen (secondary N) is 4. The standard InChI is InChI=1S/C16H22N4O3/c1-16(2,3)23-15(22)18-11-6-10(7-11)17-9-4-5-12-13(8-9)20-14(21)19-12/h4-5,8,10-11,17H,6-7H2,1-3H3,(H,18,22)(H2,19,20,21). The molecule has 0 aliphatic heterocycles. The number of anilines is 1. The zero-order valence-corrected chi connectivity index (χ0v) is 13.5. The first kappa shape index (κ1) is 15.5. The Hall–Kier alpha value is -2.44. The van der Waals surface area contributed by atoms with E-state index in [9.17, 15) is 9.59 Å². The van der Waals surface area contributed by atoms with Gasteiger partial charge in [0, 0.05) is 17.8 Å². The van der Waals surface area contributed by atoms with Crippen molar-refractivity contribution in [2.24, 2.45) is 0 Å².